The highest BCUT2D eigenvalue weighted by Crippen LogP contribution is 2.27. The fourth-order valence-electron chi connectivity index (χ4n) is 3.73. The molecule has 2 heterocycles. The van der Waals surface area contributed by atoms with Crippen LogP contribution in [0.1, 0.15) is 23.1 Å². The summed E-state index contributed by atoms with van der Waals surface area (Å²) in [5.41, 5.74) is 7.09. The highest BCUT2D eigenvalue weighted by atomic mass is 16.3. The molecule has 0 unspecified atom stereocenters. The number of rotatable bonds is 5. The molecule has 4 heteroatoms. The molecule has 1 aromatic heterocycles. The normalized spacial score (nSPS) is 13.4. The van der Waals surface area contributed by atoms with Crippen LogP contribution < -0.4 is 10.2 Å². The predicted molar refractivity (Wildman–Crippen MR) is 110 cm³/mol. The molecule has 0 aliphatic carbocycles. The van der Waals surface area contributed by atoms with Crippen molar-refractivity contribution in [1.82, 2.24) is 10.3 Å². The van der Waals surface area contributed by atoms with Crippen LogP contribution in [0.4, 0.5) is 5.69 Å². The molecule has 0 radical (unpaired) electrons. The summed E-state index contributed by atoms with van der Waals surface area (Å²) < 4.78 is 0. The van der Waals surface area contributed by atoms with Crippen LogP contribution in [0, 0.1) is 0 Å². The van der Waals surface area contributed by atoms with Crippen molar-refractivity contribution in [1.29, 1.82) is 0 Å². The first-order valence-electron chi connectivity index (χ1n) is 9.46. The Morgan fingerprint density at radius 3 is 2.85 bits per heavy atom. The van der Waals surface area contributed by atoms with Gasteiger partial charge in [-0.1, -0.05) is 24.3 Å². The second-order valence-electron chi connectivity index (χ2n) is 7.18. The van der Waals surface area contributed by atoms with E-state index in [1.165, 1.54) is 23.2 Å². The number of aryl methyl sites for hydroxylation is 1. The standard InChI is InChI=1S/C23H25N3O/c1-26-11-3-5-19-12-17(6-8-22(19)26)14-25-16-21-13-18(7-9-23(21)27)20-4-2-10-24-15-20/h2,4,6-10,12-13,15,25,27H,3,5,11,14,16H2,1H3. The quantitative estimate of drug-likeness (QED) is 0.719. The van der Waals surface area contributed by atoms with Crippen LogP contribution in [0.25, 0.3) is 11.1 Å². The molecule has 3 aromatic rings. The van der Waals surface area contributed by atoms with Crippen molar-refractivity contribution in [2.75, 3.05) is 18.5 Å². The first-order chi connectivity index (χ1) is 13.2. The molecule has 1 aliphatic rings. The number of aromatic nitrogens is 1. The number of benzene rings is 2. The van der Waals surface area contributed by atoms with Gasteiger partial charge >= 0.3 is 0 Å². The van der Waals surface area contributed by atoms with Gasteiger partial charge in [-0.3, -0.25) is 4.98 Å². The molecule has 0 fully saturated rings. The third kappa shape index (κ3) is 3.96. The molecular formula is C23H25N3O. The van der Waals surface area contributed by atoms with E-state index in [4.69, 9.17) is 0 Å². The SMILES string of the molecule is CN1CCCc2cc(CNCc3cc(-c4cccnc4)ccc3O)ccc21. The maximum atomic E-state index is 10.2. The van der Waals surface area contributed by atoms with Crippen molar-refractivity contribution in [3.05, 3.63) is 77.6 Å². The average molecular weight is 359 g/mol. The van der Waals surface area contributed by atoms with Crippen molar-refractivity contribution in [3.63, 3.8) is 0 Å². The zero-order valence-corrected chi connectivity index (χ0v) is 15.7. The van der Waals surface area contributed by atoms with Gasteiger partial charge in [0.25, 0.3) is 0 Å². The van der Waals surface area contributed by atoms with Crippen molar-refractivity contribution in [2.45, 2.75) is 25.9 Å². The lowest BCUT2D eigenvalue weighted by atomic mass is 9.99. The lowest BCUT2D eigenvalue weighted by Gasteiger charge is -2.27. The second kappa shape index (κ2) is 7.80. The van der Waals surface area contributed by atoms with Gasteiger partial charge in [0.05, 0.1) is 0 Å². The van der Waals surface area contributed by atoms with Crippen molar-refractivity contribution >= 4 is 5.69 Å². The van der Waals surface area contributed by atoms with Gasteiger partial charge < -0.3 is 15.3 Å². The third-order valence-corrected chi connectivity index (χ3v) is 5.21. The first-order valence-corrected chi connectivity index (χ1v) is 9.46. The van der Waals surface area contributed by atoms with Crippen LogP contribution in [0.3, 0.4) is 0 Å². The van der Waals surface area contributed by atoms with Gasteiger partial charge in [0.2, 0.25) is 0 Å². The summed E-state index contributed by atoms with van der Waals surface area (Å²) in [6.07, 6.45) is 5.98. The number of nitrogens with one attached hydrogen (secondary N) is 1. The number of pyridine rings is 1. The van der Waals surface area contributed by atoms with Crippen LogP contribution in [-0.4, -0.2) is 23.7 Å². The fraction of sp³-hybridized carbons (Fsp3) is 0.261. The molecule has 2 aromatic carbocycles. The molecule has 2 N–H and O–H groups in total. The lowest BCUT2D eigenvalue weighted by molar-refractivity contribution is 0.464. The van der Waals surface area contributed by atoms with Gasteiger partial charge in [0, 0.05) is 55.9 Å². The van der Waals surface area contributed by atoms with Crippen molar-refractivity contribution in [3.8, 4) is 16.9 Å². The number of aromatic hydroxyl groups is 1. The maximum absolute atomic E-state index is 10.2. The van der Waals surface area contributed by atoms with Gasteiger partial charge in [0.15, 0.2) is 0 Å². The van der Waals surface area contributed by atoms with E-state index < -0.39 is 0 Å². The number of anilines is 1. The molecular weight excluding hydrogens is 334 g/mol. The number of fused-ring (bicyclic) bond motifs is 1. The minimum atomic E-state index is 0.321. The van der Waals surface area contributed by atoms with E-state index in [1.54, 1.807) is 12.3 Å². The molecule has 0 atom stereocenters. The minimum Gasteiger partial charge on any atom is -0.508 e. The fourth-order valence-corrected chi connectivity index (χ4v) is 3.73. The molecule has 0 amide bonds. The number of phenols is 1. The molecule has 0 bridgehead atoms. The third-order valence-electron chi connectivity index (χ3n) is 5.21. The zero-order valence-electron chi connectivity index (χ0n) is 15.7. The Labute approximate surface area is 160 Å². The molecule has 4 rings (SSSR count). The summed E-state index contributed by atoms with van der Waals surface area (Å²) in [6.45, 7) is 2.54. The van der Waals surface area contributed by atoms with Gasteiger partial charge in [0.1, 0.15) is 5.75 Å². The van der Waals surface area contributed by atoms with Crippen LogP contribution in [0.5, 0.6) is 5.75 Å². The number of hydrogen-bond donors (Lipinski definition) is 2. The largest absolute Gasteiger partial charge is 0.508 e. The average Bonchev–Trinajstić information content (AvgIpc) is 2.70. The van der Waals surface area contributed by atoms with Crippen LogP contribution in [-0.2, 0) is 19.5 Å². The van der Waals surface area contributed by atoms with E-state index in [0.717, 1.165) is 36.2 Å². The van der Waals surface area contributed by atoms with Crippen LogP contribution in [0.15, 0.2) is 60.9 Å². The van der Waals surface area contributed by atoms with E-state index in [2.05, 4.69) is 40.4 Å². The number of nitrogens with zero attached hydrogens (tertiary/aromatic N) is 2. The van der Waals surface area contributed by atoms with Crippen LogP contribution in [0.2, 0.25) is 0 Å². The molecule has 1 aliphatic heterocycles. The van der Waals surface area contributed by atoms with E-state index in [9.17, 15) is 5.11 Å². The molecule has 138 valence electrons. The lowest BCUT2D eigenvalue weighted by Crippen LogP contribution is -2.24. The highest BCUT2D eigenvalue weighted by Gasteiger charge is 2.13. The van der Waals surface area contributed by atoms with E-state index >= 15 is 0 Å². The van der Waals surface area contributed by atoms with Gasteiger partial charge in [-0.15, -0.1) is 0 Å². The van der Waals surface area contributed by atoms with Gasteiger partial charge in [-0.2, -0.15) is 0 Å². The minimum absolute atomic E-state index is 0.321. The Balaban J connectivity index is 1.43. The van der Waals surface area contributed by atoms with Crippen molar-refractivity contribution in [2.24, 2.45) is 0 Å². The zero-order chi connectivity index (χ0) is 18.6. The first kappa shape index (κ1) is 17.6. The Morgan fingerprint density at radius 1 is 1.07 bits per heavy atom. The second-order valence-corrected chi connectivity index (χ2v) is 7.18. The maximum Gasteiger partial charge on any atom is 0.120 e. The highest BCUT2D eigenvalue weighted by molar-refractivity contribution is 5.64. The Hall–Kier alpha value is -2.85. The van der Waals surface area contributed by atoms with Crippen LogP contribution >= 0.6 is 0 Å². The molecule has 0 saturated heterocycles. The van der Waals surface area contributed by atoms with Gasteiger partial charge in [-0.05, 0) is 53.8 Å². The van der Waals surface area contributed by atoms with E-state index in [1.807, 2.05) is 30.5 Å². The smallest absolute Gasteiger partial charge is 0.120 e. The molecule has 4 nitrogen and oxygen atoms in total. The Bertz CT molecular complexity index is 924. The Morgan fingerprint density at radius 2 is 2.00 bits per heavy atom. The Kier molecular flexibility index (Phi) is 5.07. The topological polar surface area (TPSA) is 48.4 Å². The summed E-state index contributed by atoms with van der Waals surface area (Å²) in [4.78, 5) is 6.51. The molecule has 0 saturated carbocycles. The summed E-state index contributed by atoms with van der Waals surface area (Å²) in [6, 6.07) is 16.4. The summed E-state index contributed by atoms with van der Waals surface area (Å²) in [7, 11) is 2.16. The number of phenolic OH excluding ortho intramolecular Hbond substituents is 1. The summed E-state index contributed by atoms with van der Waals surface area (Å²) in [5, 5.41) is 13.7. The van der Waals surface area contributed by atoms with E-state index in [-0.39, 0.29) is 0 Å². The molecule has 27 heavy (non-hydrogen) atoms. The molecule has 0 spiro atoms. The van der Waals surface area contributed by atoms with E-state index in [0.29, 0.717) is 12.3 Å². The predicted octanol–water partition coefficient (Wildman–Crippen LogP) is 4.13. The monoisotopic (exact) mass is 359 g/mol. The van der Waals surface area contributed by atoms with Gasteiger partial charge in [-0.25, -0.2) is 0 Å². The summed E-state index contributed by atoms with van der Waals surface area (Å²) in [5.74, 6) is 0.321. The number of hydrogen-bond acceptors (Lipinski definition) is 4. The van der Waals surface area contributed by atoms with Crippen molar-refractivity contribution < 1.29 is 5.11 Å². The summed E-state index contributed by atoms with van der Waals surface area (Å²) >= 11 is 0.